The third kappa shape index (κ3) is 6.84. The summed E-state index contributed by atoms with van der Waals surface area (Å²) in [5.41, 5.74) is 3.19. The van der Waals surface area contributed by atoms with E-state index in [1.54, 1.807) is 19.2 Å². The minimum Gasteiger partial charge on any atom is -0.488 e. The average molecular weight is 526 g/mol. The molecule has 1 saturated heterocycles. The lowest BCUT2D eigenvalue weighted by molar-refractivity contribution is -0.384. The van der Waals surface area contributed by atoms with Crippen LogP contribution in [0.1, 0.15) is 23.1 Å². The fraction of sp³-hybridized carbons (Fsp3) is 0.381. The number of benzene rings is 2. The van der Waals surface area contributed by atoms with Crippen LogP contribution in [0.4, 0.5) is 5.69 Å². The summed E-state index contributed by atoms with van der Waals surface area (Å²) in [7, 11) is 1.70. The highest BCUT2D eigenvalue weighted by atomic mass is 127. The summed E-state index contributed by atoms with van der Waals surface area (Å²) in [5, 5.41) is 17.3. The van der Waals surface area contributed by atoms with E-state index in [2.05, 4.69) is 27.8 Å². The molecule has 30 heavy (non-hydrogen) atoms. The zero-order chi connectivity index (χ0) is 20.6. The predicted octanol–water partition coefficient (Wildman–Crippen LogP) is 3.55. The van der Waals surface area contributed by atoms with Gasteiger partial charge in [-0.1, -0.05) is 24.3 Å². The first-order valence-electron chi connectivity index (χ1n) is 9.57. The summed E-state index contributed by atoms with van der Waals surface area (Å²) in [6.07, 6.45) is 0.995. The maximum atomic E-state index is 10.7. The average Bonchev–Trinajstić information content (AvgIpc) is 3.23. The predicted molar refractivity (Wildman–Crippen MR) is 127 cm³/mol. The number of hydrogen-bond acceptors (Lipinski definition) is 5. The van der Waals surface area contributed by atoms with E-state index in [0.717, 1.165) is 35.5 Å². The first-order valence-corrected chi connectivity index (χ1v) is 9.57. The fourth-order valence-corrected chi connectivity index (χ4v) is 3.02. The smallest absolute Gasteiger partial charge is 0.269 e. The Balaban J connectivity index is 0.00000320. The number of ether oxygens (including phenoxy) is 2. The van der Waals surface area contributed by atoms with E-state index < -0.39 is 4.92 Å². The van der Waals surface area contributed by atoms with Gasteiger partial charge in [-0.15, -0.1) is 24.0 Å². The quantitative estimate of drug-likeness (QED) is 0.188. The number of nitrogens with zero attached hydrogens (tertiary/aromatic N) is 2. The zero-order valence-electron chi connectivity index (χ0n) is 17.1. The van der Waals surface area contributed by atoms with E-state index in [0.29, 0.717) is 25.7 Å². The van der Waals surface area contributed by atoms with Crippen molar-refractivity contribution in [2.45, 2.75) is 32.5 Å². The highest BCUT2D eigenvalue weighted by Crippen LogP contribution is 2.23. The summed E-state index contributed by atoms with van der Waals surface area (Å²) in [6.45, 7) is 4.47. The maximum Gasteiger partial charge on any atom is 0.269 e. The van der Waals surface area contributed by atoms with Crippen LogP contribution in [0.2, 0.25) is 0 Å². The Morgan fingerprint density at radius 3 is 2.60 bits per heavy atom. The Kier molecular flexibility index (Phi) is 9.31. The molecular weight excluding hydrogens is 499 g/mol. The molecule has 8 nitrogen and oxygen atoms in total. The van der Waals surface area contributed by atoms with Crippen LogP contribution in [0.3, 0.4) is 0 Å². The highest BCUT2D eigenvalue weighted by molar-refractivity contribution is 14.0. The van der Waals surface area contributed by atoms with Crippen molar-refractivity contribution in [3.63, 3.8) is 0 Å². The Morgan fingerprint density at radius 1 is 1.23 bits per heavy atom. The minimum atomic E-state index is -0.406. The molecule has 1 atom stereocenters. The SMILES string of the molecule is CN=C(NCc1ccc([N+](=O)[O-])cc1)NCc1ccc(C)cc1OC1CCOC1.I. The molecule has 2 aromatic carbocycles. The number of halogens is 1. The van der Waals surface area contributed by atoms with Crippen LogP contribution in [-0.4, -0.2) is 37.2 Å². The van der Waals surface area contributed by atoms with Gasteiger partial charge in [-0.2, -0.15) is 0 Å². The first-order chi connectivity index (χ1) is 14.0. The lowest BCUT2D eigenvalue weighted by Crippen LogP contribution is -2.36. The van der Waals surface area contributed by atoms with Gasteiger partial charge in [0.2, 0.25) is 0 Å². The normalized spacial score (nSPS) is 15.9. The van der Waals surface area contributed by atoms with Crippen molar-refractivity contribution in [3.8, 4) is 5.75 Å². The number of aliphatic imine (C=N–C) groups is 1. The summed E-state index contributed by atoms with van der Waals surface area (Å²) in [5.74, 6) is 1.50. The highest BCUT2D eigenvalue weighted by Gasteiger charge is 2.18. The Morgan fingerprint density at radius 2 is 1.97 bits per heavy atom. The number of non-ortho nitro benzene ring substituents is 1. The van der Waals surface area contributed by atoms with Crippen molar-refractivity contribution < 1.29 is 14.4 Å². The van der Waals surface area contributed by atoms with Gasteiger partial charge >= 0.3 is 0 Å². The molecule has 0 bridgehead atoms. The fourth-order valence-electron chi connectivity index (χ4n) is 3.02. The third-order valence-corrected chi connectivity index (χ3v) is 4.68. The van der Waals surface area contributed by atoms with E-state index in [-0.39, 0.29) is 35.8 Å². The molecule has 9 heteroatoms. The number of hydrogen-bond donors (Lipinski definition) is 2. The molecule has 0 aliphatic carbocycles. The topological polar surface area (TPSA) is 98.0 Å². The molecule has 1 fully saturated rings. The minimum absolute atomic E-state index is 0. The molecule has 3 rings (SSSR count). The van der Waals surface area contributed by atoms with Crippen molar-refractivity contribution >= 4 is 35.6 Å². The van der Waals surface area contributed by atoms with E-state index in [9.17, 15) is 10.1 Å². The van der Waals surface area contributed by atoms with Gasteiger partial charge in [-0.3, -0.25) is 15.1 Å². The van der Waals surface area contributed by atoms with Crippen molar-refractivity contribution in [1.29, 1.82) is 0 Å². The van der Waals surface area contributed by atoms with Crippen molar-refractivity contribution in [2.24, 2.45) is 4.99 Å². The lowest BCUT2D eigenvalue weighted by atomic mass is 10.1. The van der Waals surface area contributed by atoms with Gasteiger partial charge in [0.05, 0.1) is 18.1 Å². The Hall–Kier alpha value is -2.40. The molecule has 162 valence electrons. The lowest BCUT2D eigenvalue weighted by Gasteiger charge is -2.18. The van der Waals surface area contributed by atoms with E-state index in [1.165, 1.54) is 12.1 Å². The standard InChI is InChI=1S/C21H26N4O4.HI/c1-15-3-6-17(20(11-15)29-19-9-10-28-14-19)13-24-21(22-2)23-12-16-4-7-18(8-5-16)25(26)27;/h3-8,11,19H,9-10,12-14H2,1-2H3,(H2,22,23,24);1H. The molecule has 1 aliphatic rings. The third-order valence-electron chi connectivity index (χ3n) is 4.68. The van der Waals surface area contributed by atoms with Gasteiger partial charge in [-0.25, -0.2) is 0 Å². The molecule has 0 saturated carbocycles. The van der Waals surface area contributed by atoms with Gasteiger partial charge < -0.3 is 20.1 Å². The Labute approximate surface area is 193 Å². The molecule has 2 aromatic rings. The van der Waals surface area contributed by atoms with Crippen molar-refractivity contribution in [3.05, 3.63) is 69.3 Å². The summed E-state index contributed by atoms with van der Waals surface area (Å²) >= 11 is 0. The van der Waals surface area contributed by atoms with Crippen LogP contribution in [0.25, 0.3) is 0 Å². The van der Waals surface area contributed by atoms with E-state index in [4.69, 9.17) is 9.47 Å². The number of rotatable bonds is 7. The van der Waals surface area contributed by atoms with Crippen LogP contribution in [-0.2, 0) is 17.8 Å². The largest absolute Gasteiger partial charge is 0.488 e. The maximum absolute atomic E-state index is 10.7. The second-order valence-electron chi connectivity index (χ2n) is 6.92. The van der Waals surface area contributed by atoms with Gasteiger partial charge in [0, 0.05) is 44.3 Å². The van der Waals surface area contributed by atoms with Gasteiger partial charge in [0.25, 0.3) is 5.69 Å². The molecule has 0 radical (unpaired) electrons. The van der Waals surface area contributed by atoms with E-state index >= 15 is 0 Å². The number of guanidine groups is 1. The molecular formula is C21H27IN4O4. The molecule has 0 spiro atoms. The van der Waals surface area contributed by atoms with Crippen LogP contribution in [0.15, 0.2) is 47.5 Å². The monoisotopic (exact) mass is 526 g/mol. The second-order valence-corrected chi connectivity index (χ2v) is 6.92. The second kappa shape index (κ2) is 11.7. The number of aryl methyl sites for hydroxylation is 1. The zero-order valence-corrected chi connectivity index (χ0v) is 19.4. The number of nitrogens with one attached hydrogen (secondary N) is 2. The summed E-state index contributed by atoms with van der Waals surface area (Å²) in [6, 6.07) is 12.6. The molecule has 1 unspecified atom stereocenters. The molecule has 0 amide bonds. The van der Waals surface area contributed by atoms with Gasteiger partial charge in [0.1, 0.15) is 11.9 Å². The van der Waals surface area contributed by atoms with Gasteiger partial charge in [-0.05, 0) is 24.1 Å². The summed E-state index contributed by atoms with van der Waals surface area (Å²) < 4.78 is 11.5. The number of nitro groups is 1. The first kappa shape index (κ1) is 23.9. The van der Waals surface area contributed by atoms with Crippen molar-refractivity contribution in [1.82, 2.24) is 10.6 Å². The van der Waals surface area contributed by atoms with Crippen LogP contribution in [0.5, 0.6) is 5.75 Å². The molecule has 1 aliphatic heterocycles. The van der Waals surface area contributed by atoms with Crippen LogP contribution < -0.4 is 15.4 Å². The van der Waals surface area contributed by atoms with Gasteiger partial charge in [0.15, 0.2) is 5.96 Å². The number of nitro benzene ring substituents is 1. The molecule has 0 aromatic heterocycles. The van der Waals surface area contributed by atoms with Crippen molar-refractivity contribution in [2.75, 3.05) is 20.3 Å². The Bertz CT molecular complexity index is 868. The van der Waals surface area contributed by atoms with Crippen LogP contribution >= 0.6 is 24.0 Å². The van der Waals surface area contributed by atoms with E-state index in [1.807, 2.05) is 13.0 Å². The van der Waals surface area contributed by atoms with Crippen LogP contribution in [0, 0.1) is 17.0 Å². The summed E-state index contributed by atoms with van der Waals surface area (Å²) in [4.78, 5) is 14.6. The molecule has 2 N–H and O–H groups in total. The molecule has 1 heterocycles.